The van der Waals surface area contributed by atoms with E-state index in [-0.39, 0.29) is 11.9 Å². The quantitative estimate of drug-likeness (QED) is 0.828. The summed E-state index contributed by atoms with van der Waals surface area (Å²) in [5.74, 6) is 0.763. The number of nitrogens with one attached hydrogen (secondary N) is 1. The summed E-state index contributed by atoms with van der Waals surface area (Å²) in [6.45, 7) is 0.412. The molecule has 0 saturated heterocycles. The molecule has 2 N–H and O–H groups in total. The number of benzene rings is 1. The Morgan fingerprint density at radius 3 is 3.00 bits per heavy atom. The van der Waals surface area contributed by atoms with Crippen molar-refractivity contribution in [2.75, 3.05) is 13.7 Å². The molecule has 0 saturated carbocycles. The number of phenols is 1. The number of methoxy groups -OCH3 is 1. The van der Waals surface area contributed by atoms with E-state index in [2.05, 4.69) is 10.2 Å². The van der Waals surface area contributed by atoms with E-state index in [4.69, 9.17) is 9.47 Å². The molecule has 0 aliphatic rings. The number of aromatic nitrogens is 2. The summed E-state index contributed by atoms with van der Waals surface area (Å²) in [7, 11) is 1.61. The van der Waals surface area contributed by atoms with Crippen LogP contribution >= 0.6 is 0 Å². The monoisotopic (exact) mass is 234 g/mol. The zero-order chi connectivity index (χ0) is 12.1. The molecule has 0 amide bonds. The number of aromatic amines is 1. The Hall–Kier alpha value is -2.01. The van der Waals surface area contributed by atoms with E-state index in [1.165, 1.54) is 0 Å². The molecule has 2 rings (SSSR count). The zero-order valence-corrected chi connectivity index (χ0v) is 9.46. The van der Waals surface area contributed by atoms with Gasteiger partial charge in [-0.3, -0.25) is 5.10 Å². The highest BCUT2D eigenvalue weighted by Crippen LogP contribution is 2.24. The van der Waals surface area contributed by atoms with Crippen molar-refractivity contribution in [1.29, 1.82) is 0 Å². The third-order valence-electron chi connectivity index (χ3n) is 2.31. The van der Waals surface area contributed by atoms with Crippen LogP contribution in [0.25, 0.3) is 0 Å². The second-order valence-electron chi connectivity index (χ2n) is 3.59. The van der Waals surface area contributed by atoms with E-state index in [1.54, 1.807) is 43.8 Å². The van der Waals surface area contributed by atoms with E-state index in [0.717, 1.165) is 5.56 Å². The van der Waals surface area contributed by atoms with Crippen LogP contribution in [0, 0.1) is 0 Å². The molecule has 0 fully saturated rings. The maximum Gasteiger partial charge on any atom is 0.150 e. The minimum Gasteiger partial charge on any atom is -0.508 e. The van der Waals surface area contributed by atoms with Gasteiger partial charge in [0.05, 0.1) is 12.8 Å². The van der Waals surface area contributed by atoms with Crippen molar-refractivity contribution in [2.24, 2.45) is 0 Å². The predicted molar refractivity (Wildman–Crippen MR) is 61.9 cm³/mol. The Labute approximate surface area is 99.0 Å². The Kier molecular flexibility index (Phi) is 3.62. The zero-order valence-electron chi connectivity index (χ0n) is 9.46. The van der Waals surface area contributed by atoms with Crippen LogP contribution in [0.2, 0.25) is 0 Å². The molecule has 5 nitrogen and oxygen atoms in total. The minimum atomic E-state index is -0.249. The fourth-order valence-electron chi connectivity index (χ4n) is 1.51. The molecule has 5 heteroatoms. The molecule has 0 bridgehead atoms. The molecule has 2 aromatic rings. The van der Waals surface area contributed by atoms with Gasteiger partial charge in [0.25, 0.3) is 0 Å². The molecule has 0 spiro atoms. The number of nitrogens with zero attached hydrogens (tertiary/aromatic N) is 1. The molecule has 0 aliphatic carbocycles. The molecule has 0 radical (unpaired) electrons. The van der Waals surface area contributed by atoms with Crippen LogP contribution < -0.4 is 4.74 Å². The first-order chi connectivity index (χ1) is 8.29. The predicted octanol–water partition coefficient (Wildman–Crippen LogP) is 1.88. The lowest BCUT2D eigenvalue weighted by Crippen LogP contribution is -2.12. The summed E-state index contributed by atoms with van der Waals surface area (Å²) in [5, 5.41) is 16.0. The highest BCUT2D eigenvalue weighted by atomic mass is 16.5. The topological polar surface area (TPSA) is 67.4 Å². The van der Waals surface area contributed by atoms with Crippen molar-refractivity contribution >= 4 is 0 Å². The molecule has 0 aliphatic heterocycles. The summed E-state index contributed by atoms with van der Waals surface area (Å²) < 4.78 is 10.8. The van der Waals surface area contributed by atoms with Crippen molar-refractivity contribution in [3.05, 3.63) is 42.2 Å². The Morgan fingerprint density at radius 2 is 2.35 bits per heavy atom. The van der Waals surface area contributed by atoms with Gasteiger partial charge in [0.15, 0.2) is 0 Å². The molecule has 1 unspecified atom stereocenters. The van der Waals surface area contributed by atoms with Crippen LogP contribution in [0.15, 0.2) is 36.7 Å². The largest absolute Gasteiger partial charge is 0.508 e. The first-order valence-corrected chi connectivity index (χ1v) is 5.23. The summed E-state index contributed by atoms with van der Waals surface area (Å²) >= 11 is 0. The van der Waals surface area contributed by atoms with Gasteiger partial charge in [-0.1, -0.05) is 6.07 Å². The van der Waals surface area contributed by atoms with Crippen LogP contribution in [-0.2, 0) is 4.74 Å². The standard InChI is InChI=1S/C12H14N2O3/c1-16-8-12(9-6-13-14-7-9)17-11-4-2-3-10(15)5-11/h2-7,12,15H,8H2,1H3,(H,13,14). The summed E-state index contributed by atoms with van der Waals surface area (Å²) in [5.41, 5.74) is 0.898. The molecular formula is C12H14N2O3. The van der Waals surface area contributed by atoms with E-state index in [9.17, 15) is 5.11 Å². The van der Waals surface area contributed by atoms with Gasteiger partial charge >= 0.3 is 0 Å². The molecule has 17 heavy (non-hydrogen) atoms. The number of H-pyrrole nitrogens is 1. The normalized spacial score (nSPS) is 12.3. The summed E-state index contributed by atoms with van der Waals surface area (Å²) in [4.78, 5) is 0. The molecular weight excluding hydrogens is 220 g/mol. The number of hydrogen-bond acceptors (Lipinski definition) is 4. The fraction of sp³-hybridized carbons (Fsp3) is 0.250. The number of phenolic OH excluding ortho intramolecular Hbond substituents is 1. The number of ether oxygens (including phenoxy) is 2. The summed E-state index contributed by atoms with van der Waals surface area (Å²) in [6, 6.07) is 6.66. The Morgan fingerprint density at radius 1 is 1.47 bits per heavy atom. The third kappa shape index (κ3) is 2.98. The second-order valence-corrected chi connectivity index (χ2v) is 3.59. The van der Waals surface area contributed by atoms with Gasteiger partial charge in [-0.15, -0.1) is 0 Å². The molecule has 90 valence electrons. The van der Waals surface area contributed by atoms with Crippen LogP contribution in [0.3, 0.4) is 0 Å². The first kappa shape index (κ1) is 11.5. The van der Waals surface area contributed by atoms with Crippen LogP contribution in [0.1, 0.15) is 11.7 Å². The SMILES string of the molecule is COCC(Oc1cccc(O)c1)c1cn[nH]c1. The van der Waals surface area contributed by atoms with Gasteiger partial charge in [-0.25, -0.2) is 0 Å². The molecule has 1 heterocycles. The maximum atomic E-state index is 9.36. The number of aromatic hydroxyl groups is 1. The molecule has 1 aromatic heterocycles. The van der Waals surface area contributed by atoms with Gasteiger partial charge in [0.2, 0.25) is 0 Å². The highest BCUT2D eigenvalue weighted by molar-refractivity contribution is 5.32. The lowest BCUT2D eigenvalue weighted by molar-refractivity contribution is 0.0808. The van der Waals surface area contributed by atoms with Gasteiger partial charge in [-0.05, 0) is 12.1 Å². The lowest BCUT2D eigenvalue weighted by atomic mass is 10.2. The van der Waals surface area contributed by atoms with Crippen molar-refractivity contribution < 1.29 is 14.6 Å². The van der Waals surface area contributed by atoms with Crippen molar-refractivity contribution in [3.8, 4) is 11.5 Å². The smallest absolute Gasteiger partial charge is 0.150 e. The third-order valence-corrected chi connectivity index (χ3v) is 2.31. The second kappa shape index (κ2) is 5.36. The molecule has 1 atom stereocenters. The van der Waals surface area contributed by atoms with Crippen molar-refractivity contribution in [1.82, 2.24) is 10.2 Å². The minimum absolute atomic E-state index is 0.172. The number of rotatable bonds is 5. The molecule has 1 aromatic carbocycles. The van der Waals surface area contributed by atoms with E-state index in [0.29, 0.717) is 12.4 Å². The van der Waals surface area contributed by atoms with Crippen LogP contribution in [0.5, 0.6) is 11.5 Å². The van der Waals surface area contributed by atoms with E-state index < -0.39 is 0 Å². The van der Waals surface area contributed by atoms with E-state index >= 15 is 0 Å². The van der Waals surface area contributed by atoms with Gasteiger partial charge in [-0.2, -0.15) is 5.10 Å². The fourth-order valence-corrected chi connectivity index (χ4v) is 1.51. The first-order valence-electron chi connectivity index (χ1n) is 5.23. The Balaban J connectivity index is 2.13. The van der Waals surface area contributed by atoms with E-state index in [1.807, 2.05) is 0 Å². The van der Waals surface area contributed by atoms with Gasteiger partial charge < -0.3 is 14.6 Å². The average molecular weight is 234 g/mol. The highest BCUT2D eigenvalue weighted by Gasteiger charge is 2.14. The van der Waals surface area contributed by atoms with Crippen molar-refractivity contribution in [2.45, 2.75) is 6.10 Å². The van der Waals surface area contributed by atoms with Crippen LogP contribution in [-0.4, -0.2) is 29.0 Å². The van der Waals surface area contributed by atoms with Gasteiger partial charge in [0.1, 0.15) is 17.6 Å². The van der Waals surface area contributed by atoms with Crippen molar-refractivity contribution in [3.63, 3.8) is 0 Å². The Bertz CT molecular complexity index is 457. The maximum absolute atomic E-state index is 9.36. The number of hydrogen-bond donors (Lipinski definition) is 2. The summed E-state index contributed by atoms with van der Waals surface area (Å²) in [6.07, 6.45) is 3.19. The van der Waals surface area contributed by atoms with Gasteiger partial charge in [0, 0.05) is 24.9 Å². The average Bonchev–Trinajstić information content (AvgIpc) is 2.82. The lowest BCUT2D eigenvalue weighted by Gasteiger charge is -2.17. The van der Waals surface area contributed by atoms with Crippen LogP contribution in [0.4, 0.5) is 0 Å².